The number of likely N-dealkylation sites (tertiary alicyclic amines) is 1. The Bertz CT molecular complexity index is 482. The number of aromatic nitrogens is 1. The lowest BCUT2D eigenvalue weighted by atomic mass is 10.1. The van der Waals surface area contributed by atoms with Crippen LogP contribution in [-0.4, -0.2) is 41.0 Å². The van der Waals surface area contributed by atoms with Crippen LogP contribution in [0.15, 0.2) is 12.1 Å². The highest BCUT2D eigenvalue weighted by molar-refractivity contribution is 5.48. The summed E-state index contributed by atoms with van der Waals surface area (Å²) in [6, 6.07) is 3.25. The topological polar surface area (TPSA) is 107 Å². The second kappa shape index (κ2) is 6.49. The minimum Gasteiger partial charge on any atom is -0.473 e. The standard InChI is InChI=1S/C12H19N5O3/c1-16-7-2-3-9(16)6-8-20-12-10(17(18)19)4-5-11(14-12)15-13/h4-5,9H,2-3,6-8,13H2,1H3,(H,14,15). The average Bonchev–Trinajstić information content (AvgIpc) is 2.84. The number of ether oxygens (including phenoxy) is 1. The largest absolute Gasteiger partial charge is 0.473 e. The lowest BCUT2D eigenvalue weighted by Gasteiger charge is -2.19. The SMILES string of the molecule is CN1CCCC1CCOc1nc(NN)ccc1[N+](=O)[O-]. The number of hydrazine groups is 1. The van der Waals surface area contributed by atoms with Gasteiger partial charge in [-0.15, -0.1) is 0 Å². The van der Waals surface area contributed by atoms with Crippen LogP contribution in [0, 0.1) is 10.1 Å². The molecule has 1 aliphatic rings. The third-order valence-electron chi connectivity index (χ3n) is 3.55. The molecule has 0 saturated carbocycles. The highest BCUT2D eigenvalue weighted by atomic mass is 16.6. The van der Waals surface area contributed by atoms with Crippen molar-refractivity contribution < 1.29 is 9.66 Å². The van der Waals surface area contributed by atoms with Gasteiger partial charge in [0.25, 0.3) is 5.88 Å². The minimum atomic E-state index is -0.510. The minimum absolute atomic E-state index is 0.00565. The molecular formula is C12H19N5O3. The third-order valence-corrected chi connectivity index (χ3v) is 3.55. The molecule has 1 aliphatic heterocycles. The molecule has 20 heavy (non-hydrogen) atoms. The zero-order chi connectivity index (χ0) is 14.5. The number of nitro groups is 1. The Morgan fingerprint density at radius 2 is 2.45 bits per heavy atom. The van der Waals surface area contributed by atoms with Gasteiger partial charge in [-0.2, -0.15) is 4.98 Å². The molecule has 3 N–H and O–H groups in total. The second-order valence-corrected chi connectivity index (χ2v) is 4.84. The molecule has 0 spiro atoms. The van der Waals surface area contributed by atoms with E-state index in [0.717, 1.165) is 19.4 Å². The molecule has 0 aliphatic carbocycles. The van der Waals surface area contributed by atoms with Crippen molar-refractivity contribution in [2.45, 2.75) is 25.3 Å². The van der Waals surface area contributed by atoms with E-state index in [1.165, 1.54) is 18.6 Å². The molecule has 1 aromatic rings. The summed E-state index contributed by atoms with van der Waals surface area (Å²) in [4.78, 5) is 16.7. The van der Waals surface area contributed by atoms with Gasteiger partial charge in [-0.05, 0) is 38.9 Å². The average molecular weight is 281 g/mol. The fourth-order valence-corrected chi connectivity index (χ4v) is 2.39. The number of pyridine rings is 1. The first kappa shape index (κ1) is 14.5. The van der Waals surface area contributed by atoms with Gasteiger partial charge in [0, 0.05) is 12.1 Å². The maximum Gasteiger partial charge on any atom is 0.331 e. The van der Waals surface area contributed by atoms with E-state index >= 15 is 0 Å². The van der Waals surface area contributed by atoms with Crippen LogP contribution in [-0.2, 0) is 0 Å². The molecule has 0 bridgehead atoms. The smallest absolute Gasteiger partial charge is 0.331 e. The van der Waals surface area contributed by atoms with Gasteiger partial charge in [0.2, 0.25) is 0 Å². The number of nitrogen functional groups attached to an aromatic ring is 1. The van der Waals surface area contributed by atoms with Gasteiger partial charge in [-0.3, -0.25) is 10.1 Å². The van der Waals surface area contributed by atoms with Gasteiger partial charge in [0.1, 0.15) is 5.82 Å². The molecule has 1 unspecified atom stereocenters. The highest BCUT2D eigenvalue weighted by Crippen LogP contribution is 2.26. The normalized spacial score (nSPS) is 19.0. The van der Waals surface area contributed by atoms with Crippen LogP contribution in [0.5, 0.6) is 5.88 Å². The summed E-state index contributed by atoms with van der Waals surface area (Å²) in [6.07, 6.45) is 3.15. The fourth-order valence-electron chi connectivity index (χ4n) is 2.39. The van der Waals surface area contributed by atoms with Crippen molar-refractivity contribution >= 4 is 11.5 Å². The van der Waals surface area contributed by atoms with Crippen molar-refractivity contribution in [3.8, 4) is 5.88 Å². The maximum absolute atomic E-state index is 10.9. The molecular weight excluding hydrogens is 262 g/mol. The Balaban J connectivity index is 1.98. The molecule has 8 heteroatoms. The predicted octanol–water partition coefficient (Wildman–Crippen LogP) is 1.14. The Morgan fingerprint density at radius 1 is 1.65 bits per heavy atom. The molecule has 1 saturated heterocycles. The third kappa shape index (κ3) is 3.34. The number of hydrogen-bond acceptors (Lipinski definition) is 7. The van der Waals surface area contributed by atoms with Crippen molar-refractivity contribution in [1.29, 1.82) is 0 Å². The van der Waals surface area contributed by atoms with Crippen molar-refractivity contribution in [2.24, 2.45) is 5.84 Å². The zero-order valence-corrected chi connectivity index (χ0v) is 11.4. The molecule has 0 amide bonds. The molecule has 1 atom stereocenters. The van der Waals surface area contributed by atoms with E-state index in [1.54, 1.807) is 0 Å². The number of nitrogens with two attached hydrogens (primary N) is 1. The van der Waals surface area contributed by atoms with Crippen LogP contribution in [0.3, 0.4) is 0 Å². The van der Waals surface area contributed by atoms with Gasteiger partial charge in [0.05, 0.1) is 11.5 Å². The van der Waals surface area contributed by atoms with Crippen molar-refractivity contribution in [3.05, 3.63) is 22.2 Å². The van der Waals surface area contributed by atoms with E-state index in [0.29, 0.717) is 18.5 Å². The van der Waals surface area contributed by atoms with Crippen molar-refractivity contribution in [1.82, 2.24) is 9.88 Å². The summed E-state index contributed by atoms with van der Waals surface area (Å²) in [5.74, 6) is 5.59. The van der Waals surface area contributed by atoms with Gasteiger partial charge >= 0.3 is 5.69 Å². The van der Waals surface area contributed by atoms with Crippen LogP contribution in [0.4, 0.5) is 11.5 Å². The Kier molecular flexibility index (Phi) is 4.70. The van der Waals surface area contributed by atoms with Crippen LogP contribution in [0.2, 0.25) is 0 Å². The lowest BCUT2D eigenvalue weighted by Crippen LogP contribution is -2.26. The summed E-state index contributed by atoms with van der Waals surface area (Å²) < 4.78 is 5.48. The van der Waals surface area contributed by atoms with E-state index in [1.807, 2.05) is 0 Å². The number of anilines is 1. The van der Waals surface area contributed by atoms with Gasteiger partial charge in [-0.25, -0.2) is 5.84 Å². The molecule has 110 valence electrons. The van der Waals surface area contributed by atoms with Gasteiger partial charge in [0.15, 0.2) is 0 Å². The molecule has 2 rings (SSSR count). The molecule has 1 aromatic heterocycles. The summed E-state index contributed by atoms with van der Waals surface area (Å²) in [7, 11) is 2.08. The first-order chi connectivity index (χ1) is 9.61. The zero-order valence-electron chi connectivity index (χ0n) is 11.4. The number of rotatable bonds is 6. The summed E-state index contributed by atoms with van der Waals surface area (Å²) in [5.41, 5.74) is 2.20. The highest BCUT2D eigenvalue weighted by Gasteiger charge is 2.22. The quantitative estimate of drug-likeness (QED) is 0.457. The summed E-state index contributed by atoms with van der Waals surface area (Å²) >= 11 is 0. The molecule has 1 fully saturated rings. The first-order valence-corrected chi connectivity index (χ1v) is 6.57. The van der Waals surface area contributed by atoms with E-state index in [-0.39, 0.29) is 11.6 Å². The van der Waals surface area contributed by atoms with Crippen molar-refractivity contribution in [3.63, 3.8) is 0 Å². The summed E-state index contributed by atoms with van der Waals surface area (Å²) in [6.45, 7) is 1.49. The molecule has 0 radical (unpaired) electrons. The number of nitrogens with zero attached hydrogens (tertiary/aromatic N) is 3. The fraction of sp³-hybridized carbons (Fsp3) is 0.583. The van der Waals surface area contributed by atoms with E-state index in [2.05, 4.69) is 22.4 Å². The Labute approximate surface area is 117 Å². The number of nitrogens with one attached hydrogen (secondary N) is 1. The van der Waals surface area contributed by atoms with Crippen LogP contribution in [0.25, 0.3) is 0 Å². The van der Waals surface area contributed by atoms with E-state index in [4.69, 9.17) is 10.6 Å². The predicted molar refractivity (Wildman–Crippen MR) is 74.5 cm³/mol. The van der Waals surface area contributed by atoms with Crippen LogP contribution in [0.1, 0.15) is 19.3 Å². The Hall–Kier alpha value is -1.93. The first-order valence-electron chi connectivity index (χ1n) is 6.57. The second-order valence-electron chi connectivity index (χ2n) is 4.84. The molecule has 8 nitrogen and oxygen atoms in total. The van der Waals surface area contributed by atoms with Crippen molar-refractivity contribution in [2.75, 3.05) is 25.6 Å². The summed E-state index contributed by atoms with van der Waals surface area (Å²) in [5, 5.41) is 10.9. The maximum atomic E-state index is 10.9. The lowest BCUT2D eigenvalue weighted by molar-refractivity contribution is -0.386. The Morgan fingerprint density at radius 3 is 3.05 bits per heavy atom. The van der Waals surface area contributed by atoms with Crippen LogP contribution >= 0.6 is 0 Å². The van der Waals surface area contributed by atoms with E-state index in [9.17, 15) is 10.1 Å². The molecule has 0 aromatic carbocycles. The molecule has 2 heterocycles. The van der Waals surface area contributed by atoms with Gasteiger partial charge in [-0.1, -0.05) is 0 Å². The monoisotopic (exact) mass is 281 g/mol. The van der Waals surface area contributed by atoms with Gasteiger partial charge < -0.3 is 15.1 Å². The van der Waals surface area contributed by atoms with Crippen LogP contribution < -0.4 is 16.0 Å². The van der Waals surface area contributed by atoms with E-state index < -0.39 is 4.92 Å². The number of hydrogen-bond donors (Lipinski definition) is 2.